The third-order valence-electron chi connectivity index (χ3n) is 2.76. The smallest absolute Gasteiger partial charge is 0.142 e. The lowest BCUT2D eigenvalue weighted by Crippen LogP contribution is -2.02. The average Bonchev–Trinajstić information content (AvgIpc) is 2.36. The van der Waals surface area contributed by atoms with Crippen molar-refractivity contribution in [3.8, 4) is 5.75 Å². The van der Waals surface area contributed by atoms with Crippen molar-refractivity contribution in [3.05, 3.63) is 58.4 Å². The van der Waals surface area contributed by atoms with Crippen molar-refractivity contribution < 1.29 is 9.13 Å². The molecular weight excluding hydrogens is 265 g/mol. The summed E-state index contributed by atoms with van der Waals surface area (Å²) in [4.78, 5) is 0. The molecule has 0 radical (unpaired) electrons. The van der Waals surface area contributed by atoms with Crippen LogP contribution in [0.5, 0.6) is 5.75 Å². The zero-order valence-electron chi connectivity index (χ0n) is 10.8. The van der Waals surface area contributed by atoms with E-state index in [1.807, 2.05) is 25.1 Å². The fraction of sp³-hybridized carbons (Fsp3) is 0.200. The van der Waals surface area contributed by atoms with Crippen molar-refractivity contribution >= 4 is 17.3 Å². The highest BCUT2D eigenvalue weighted by atomic mass is 35.5. The van der Waals surface area contributed by atoms with E-state index in [2.05, 4.69) is 5.32 Å². The van der Waals surface area contributed by atoms with Gasteiger partial charge in [-0.3, -0.25) is 0 Å². The minimum atomic E-state index is -0.333. The average molecular weight is 280 g/mol. The molecule has 2 nitrogen and oxygen atoms in total. The molecule has 19 heavy (non-hydrogen) atoms. The van der Waals surface area contributed by atoms with E-state index < -0.39 is 0 Å². The van der Waals surface area contributed by atoms with Crippen molar-refractivity contribution in [1.29, 1.82) is 0 Å². The highest BCUT2D eigenvalue weighted by Crippen LogP contribution is 2.26. The summed E-state index contributed by atoms with van der Waals surface area (Å²) in [5.74, 6) is 0.433. The molecule has 0 heterocycles. The van der Waals surface area contributed by atoms with Gasteiger partial charge in [0.15, 0.2) is 0 Å². The van der Waals surface area contributed by atoms with Gasteiger partial charge in [-0.2, -0.15) is 0 Å². The molecular formula is C15H15ClFNO. The number of aryl methyl sites for hydroxylation is 1. The standard InChI is InChI=1S/C15H15ClFNO/c1-10-3-4-14(15(5-10)19-2)18-9-11-6-12(16)8-13(17)7-11/h3-8,18H,9H2,1-2H3. The molecule has 2 aromatic rings. The van der Waals surface area contributed by atoms with Crippen LogP contribution in [0.15, 0.2) is 36.4 Å². The maximum Gasteiger partial charge on any atom is 0.142 e. The van der Waals surface area contributed by atoms with E-state index in [0.717, 1.165) is 22.6 Å². The van der Waals surface area contributed by atoms with Gasteiger partial charge in [-0.15, -0.1) is 0 Å². The van der Waals surface area contributed by atoms with Gasteiger partial charge >= 0.3 is 0 Å². The van der Waals surface area contributed by atoms with Crippen LogP contribution in [0.2, 0.25) is 5.02 Å². The van der Waals surface area contributed by atoms with Crippen molar-refractivity contribution in [3.63, 3.8) is 0 Å². The quantitative estimate of drug-likeness (QED) is 0.895. The molecule has 0 amide bonds. The zero-order valence-corrected chi connectivity index (χ0v) is 11.6. The van der Waals surface area contributed by atoms with Gasteiger partial charge in [0.05, 0.1) is 12.8 Å². The maximum atomic E-state index is 13.2. The maximum absolute atomic E-state index is 13.2. The van der Waals surface area contributed by atoms with Crippen molar-refractivity contribution in [2.45, 2.75) is 13.5 Å². The van der Waals surface area contributed by atoms with Crippen molar-refractivity contribution in [2.75, 3.05) is 12.4 Å². The van der Waals surface area contributed by atoms with E-state index in [0.29, 0.717) is 11.6 Å². The Labute approximate surface area is 117 Å². The monoisotopic (exact) mass is 279 g/mol. The summed E-state index contributed by atoms with van der Waals surface area (Å²) in [5, 5.41) is 3.61. The Morgan fingerprint density at radius 2 is 2.00 bits per heavy atom. The summed E-state index contributed by atoms with van der Waals surface area (Å²) in [6.07, 6.45) is 0. The fourth-order valence-corrected chi connectivity index (χ4v) is 2.10. The van der Waals surface area contributed by atoms with Crippen LogP contribution in [0.25, 0.3) is 0 Å². The lowest BCUT2D eigenvalue weighted by atomic mass is 10.2. The first-order valence-corrected chi connectivity index (χ1v) is 6.30. The predicted octanol–water partition coefficient (Wildman–Crippen LogP) is 4.41. The lowest BCUT2D eigenvalue weighted by Gasteiger charge is -2.12. The molecule has 100 valence electrons. The van der Waals surface area contributed by atoms with Crippen molar-refractivity contribution in [1.82, 2.24) is 0 Å². The van der Waals surface area contributed by atoms with Gasteiger partial charge in [-0.25, -0.2) is 4.39 Å². The van der Waals surface area contributed by atoms with E-state index in [1.165, 1.54) is 12.1 Å². The summed E-state index contributed by atoms with van der Waals surface area (Å²) in [7, 11) is 1.62. The zero-order chi connectivity index (χ0) is 13.8. The molecule has 0 spiro atoms. The molecule has 0 aliphatic carbocycles. The number of benzene rings is 2. The Kier molecular flexibility index (Phi) is 4.27. The van der Waals surface area contributed by atoms with Crippen LogP contribution >= 0.6 is 11.6 Å². The summed E-state index contributed by atoms with van der Waals surface area (Å²) in [6, 6.07) is 10.4. The highest BCUT2D eigenvalue weighted by molar-refractivity contribution is 6.30. The SMILES string of the molecule is COc1cc(C)ccc1NCc1cc(F)cc(Cl)c1. The van der Waals surface area contributed by atoms with E-state index in [1.54, 1.807) is 13.2 Å². The number of methoxy groups -OCH3 is 1. The molecule has 0 aliphatic heterocycles. The normalized spacial score (nSPS) is 10.3. The Morgan fingerprint density at radius 3 is 2.68 bits per heavy atom. The molecule has 0 fully saturated rings. The van der Waals surface area contributed by atoms with Crippen LogP contribution < -0.4 is 10.1 Å². The van der Waals surface area contributed by atoms with Crippen LogP contribution in [0.4, 0.5) is 10.1 Å². The number of hydrogen-bond donors (Lipinski definition) is 1. The molecule has 0 aliphatic rings. The summed E-state index contributed by atoms with van der Waals surface area (Å²) < 4.78 is 18.5. The fourth-order valence-electron chi connectivity index (χ4n) is 1.85. The number of anilines is 1. The molecule has 2 rings (SSSR count). The third-order valence-corrected chi connectivity index (χ3v) is 2.98. The lowest BCUT2D eigenvalue weighted by molar-refractivity contribution is 0.416. The van der Waals surface area contributed by atoms with E-state index in [9.17, 15) is 4.39 Å². The van der Waals surface area contributed by atoms with Crippen LogP contribution in [-0.4, -0.2) is 7.11 Å². The van der Waals surface area contributed by atoms with Gasteiger partial charge < -0.3 is 10.1 Å². The van der Waals surface area contributed by atoms with Crippen LogP contribution in [0, 0.1) is 12.7 Å². The molecule has 1 N–H and O–H groups in total. The molecule has 0 saturated heterocycles. The third kappa shape index (κ3) is 3.61. The number of ether oxygens (including phenoxy) is 1. The molecule has 0 saturated carbocycles. The van der Waals surface area contributed by atoms with E-state index >= 15 is 0 Å². The van der Waals surface area contributed by atoms with E-state index in [4.69, 9.17) is 16.3 Å². The second-order valence-electron chi connectivity index (χ2n) is 4.33. The topological polar surface area (TPSA) is 21.3 Å². The number of halogens is 2. The first-order valence-electron chi connectivity index (χ1n) is 5.92. The Morgan fingerprint density at radius 1 is 1.21 bits per heavy atom. The Hall–Kier alpha value is -1.74. The van der Waals surface area contributed by atoms with Crippen molar-refractivity contribution in [2.24, 2.45) is 0 Å². The molecule has 0 atom stereocenters. The van der Waals surface area contributed by atoms with Gasteiger partial charge in [0.1, 0.15) is 11.6 Å². The number of nitrogens with one attached hydrogen (secondary N) is 1. The van der Waals surface area contributed by atoms with Gasteiger partial charge in [-0.1, -0.05) is 17.7 Å². The molecule has 4 heteroatoms. The first-order chi connectivity index (χ1) is 9.08. The summed E-state index contributed by atoms with van der Waals surface area (Å²) >= 11 is 5.82. The molecule has 0 unspecified atom stereocenters. The van der Waals surface area contributed by atoms with Crippen LogP contribution in [0.3, 0.4) is 0 Å². The molecule has 2 aromatic carbocycles. The predicted molar refractivity (Wildman–Crippen MR) is 76.5 cm³/mol. The largest absolute Gasteiger partial charge is 0.495 e. The van der Waals surface area contributed by atoms with Gasteiger partial charge in [0.25, 0.3) is 0 Å². The first kappa shape index (κ1) is 13.7. The second-order valence-corrected chi connectivity index (χ2v) is 4.77. The number of hydrogen-bond acceptors (Lipinski definition) is 2. The Balaban J connectivity index is 2.14. The minimum absolute atomic E-state index is 0.333. The molecule has 0 bridgehead atoms. The molecule has 0 aromatic heterocycles. The van der Waals surface area contributed by atoms with Gasteiger partial charge in [0.2, 0.25) is 0 Å². The Bertz CT molecular complexity index is 566. The highest BCUT2D eigenvalue weighted by Gasteiger charge is 2.04. The van der Waals surface area contributed by atoms with Gasteiger partial charge in [-0.05, 0) is 48.4 Å². The summed E-state index contributed by atoms with van der Waals surface area (Å²) in [6.45, 7) is 2.48. The van der Waals surface area contributed by atoms with Crippen LogP contribution in [-0.2, 0) is 6.54 Å². The number of rotatable bonds is 4. The second kappa shape index (κ2) is 5.93. The van der Waals surface area contributed by atoms with Gasteiger partial charge in [0, 0.05) is 11.6 Å². The summed E-state index contributed by atoms with van der Waals surface area (Å²) in [5.41, 5.74) is 2.78. The minimum Gasteiger partial charge on any atom is -0.495 e. The van der Waals surface area contributed by atoms with Crippen LogP contribution in [0.1, 0.15) is 11.1 Å². The van der Waals surface area contributed by atoms with E-state index in [-0.39, 0.29) is 5.82 Å².